The van der Waals surface area contributed by atoms with Crippen LogP contribution in [0.15, 0.2) is 11.6 Å². The Balaban J connectivity index is 2.69. The molecule has 0 spiro atoms. The van der Waals surface area contributed by atoms with Crippen LogP contribution in [0.4, 0.5) is 0 Å². The summed E-state index contributed by atoms with van der Waals surface area (Å²) in [6.45, 7) is 0. The fourth-order valence-electron chi connectivity index (χ4n) is 1.60. The van der Waals surface area contributed by atoms with Crippen LogP contribution in [-0.2, 0) is 19.1 Å². The number of carbonyl (C=O) groups is 3. The van der Waals surface area contributed by atoms with E-state index in [2.05, 4.69) is 15.1 Å². The highest BCUT2D eigenvalue weighted by molar-refractivity contribution is 7.09. The summed E-state index contributed by atoms with van der Waals surface area (Å²) < 4.78 is 5.02. The maximum atomic E-state index is 12.1. The minimum Gasteiger partial charge on any atom is -0.480 e. The van der Waals surface area contributed by atoms with Crippen molar-refractivity contribution < 1.29 is 29.0 Å². The summed E-state index contributed by atoms with van der Waals surface area (Å²) in [6, 6.07) is -1.26. The predicted octanol–water partition coefficient (Wildman–Crippen LogP) is 0.0499. The number of rotatable bonds is 9. The first-order valence-electron chi connectivity index (χ1n) is 6.15. The zero-order chi connectivity index (χ0) is 16.5. The van der Waals surface area contributed by atoms with Gasteiger partial charge in [-0.2, -0.15) is 4.79 Å². The molecule has 0 saturated heterocycles. The normalized spacial score (nSPS) is 12.8. The van der Waals surface area contributed by atoms with Gasteiger partial charge in [-0.05, 0) is 6.42 Å². The predicted molar refractivity (Wildman–Crippen MR) is 75.4 cm³/mol. The molecule has 0 radical (unpaired) electrons. The maximum absolute atomic E-state index is 12.1. The molecule has 9 nitrogen and oxygen atoms in total. The van der Waals surface area contributed by atoms with E-state index < -0.39 is 29.8 Å². The molecule has 1 aromatic heterocycles. The van der Waals surface area contributed by atoms with Crippen LogP contribution >= 0.6 is 11.3 Å². The Morgan fingerprint density at radius 3 is 2.82 bits per heavy atom. The van der Waals surface area contributed by atoms with E-state index in [4.69, 9.17) is 15.4 Å². The second kappa shape index (κ2) is 8.78. The number of ether oxygens (including phenoxy) is 1. The van der Waals surface area contributed by atoms with Crippen LogP contribution in [0.2, 0.25) is 0 Å². The number of amides is 1. The molecule has 0 fully saturated rings. The number of aromatic nitrogens is 1. The minimum absolute atomic E-state index is 0.139. The Labute approximate surface area is 129 Å². The van der Waals surface area contributed by atoms with Crippen molar-refractivity contribution in [1.82, 2.24) is 10.3 Å². The topological polar surface area (TPSA) is 142 Å². The molecule has 2 N–H and O–H groups in total. The molecule has 1 aromatic rings. The lowest BCUT2D eigenvalue weighted by Crippen LogP contribution is -2.43. The van der Waals surface area contributed by atoms with Crippen LogP contribution in [-0.4, -0.2) is 51.9 Å². The first-order valence-corrected chi connectivity index (χ1v) is 7.03. The standard InChI is InChI=1S/C12H14N4O5S/c1-21-9(11-14-4-5-22-11)10(18)16-8(12(19)20)3-2-7(17)6-15-13/h4-6,8-9H,2-3H2,1H3,(H,16,18)(H,19,20)/t8-,9-/m0/s1. The van der Waals surface area contributed by atoms with E-state index >= 15 is 0 Å². The number of nitrogens with one attached hydrogen (secondary N) is 1. The van der Waals surface area contributed by atoms with Gasteiger partial charge in [0, 0.05) is 25.1 Å². The summed E-state index contributed by atoms with van der Waals surface area (Å²) in [5.41, 5.74) is 8.21. The number of Topliss-reactive ketones (excluding diaryl/α,β-unsaturated/α-hetero) is 1. The summed E-state index contributed by atoms with van der Waals surface area (Å²) in [6.07, 6.45) is 0.836. The Morgan fingerprint density at radius 2 is 2.32 bits per heavy atom. The van der Waals surface area contributed by atoms with Gasteiger partial charge in [-0.25, -0.2) is 9.78 Å². The third-order valence-electron chi connectivity index (χ3n) is 2.65. The summed E-state index contributed by atoms with van der Waals surface area (Å²) in [7, 11) is 1.31. The molecule has 1 rings (SSSR count). The van der Waals surface area contributed by atoms with Crippen molar-refractivity contribution in [3.63, 3.8) is 0 Å². The molecule has 1 heterocycles. The molecule has 1 amide bonds. The molecule has 2 atom stereocenters. The van der Waals surface area contributed by atoms with Gasteiger partial charge in [-0.3, -0.25) is 9.59 Å². The van der Waals surface area contributed by atoms with Crippen molar-refractivity contribution >= 4 is 35.2 Å². The minimum atomic E-state index is -1.28. The van der Waals surface area contributed by atoms with E-state index in [-0.39, 0.29) is 12.8 Å². The number of hydrogen-bond donors (Lipinski definition) is 2. The lowest BCUT2D eigenvalue weighted by Gasteiger charge is -2.17. The van der Waals surface area contributed by atoms with E-state index in [0.29, 0.717) is 11.2 Å². The van der Waals surface area contributed by atoms with Crippen molar-refractivity contribution in [2.45, 2.75) is 25.0 Å². The number of aliphatic carboxylic acids is 1. The van der Waals surface area contributed by atoms with Crippen molar-refractivity contribution in [2.24, 2.45) is 0 Å². The van der Waals surface area contributed by atoms with E-state index in [1.807, 2.05) is 0 Å². The Bertz CT molecular complexity index is 582. The number of methoxy groups -OCH3 is 1. The van der Waals surface area contributed by atoms with Crippen LogP contribution in [0.3, 0.4) is 0 Å². The average molecular weight is 326 g/mol. The molecular formula is C12H14N4O5S. The van der Waals surface area contributed by atoms with Gasteiger partial charge in [0.1, 0.15) is 11.0 Å². The van der Waals surface area contributed by atoms with Crippen LogP contribution in [0.1, 0.15) is 24.0 Å². The van der Waals surface area contributed by atoms with Crippen LogP contribution in [0.5, 0.6) is 0 Å². The van der Waals surface area contributed by atoms with Crippen LogP contribution < -0.4 is 5.32 Å². The zero-order valence-electron chi connectivity index (χ0n) is 11.6. The molecule has 10 heteroatoms. The second-order valence-corrected chi connectivity index (χ2v) is 5.06. The van der Waals surface area contributed by atoms with Gasteiger partial charge in [0.05, 0.1) is 0 Å². The van der Waals surface area contributed by atoms with Crippen molar-refractivity contribution in [2.75, 3.05) is 7.11 Å². The number of ketones is 1. The number of carboxylic acid groups (broad SMARTS) is 1. The molecule has 0 unspecified atom stereocenters. The van der Waals surface area contributed by atoms with E-state index in [1.54, 1.807) is 5.38 Å². The monoisotopic (exact) mass is 326 g/mol. The number of nitrogens with zero attached hydrogens (tertiary/aromatic N) is 3. The van der Waals surface area contributed by atoms with Crippen molar-refractivity contribution in [3.05, 3.63) is 22.1 Å². The SMILES string of the molecule is CO[C@@H](C(=O)N[C@@H](CCC(=O)C=[N+]=[N-])C(=O)O)c1nccs1. The Kier molecular flexibility index (Phi) is 7.03. The molecule has 0 aliphatic rings. The molecule has 22 heavy (non-hydrogen) atoms. The molecular weight excluding hydrogens is 312 g/mol. The fourth-order valence-corrected chi connectivity index (χ4v) is 2.31. The zero-order valence-corrected chi connectivity index (χ0v) is 12.4. The fraction of sp³-hybridized carbons (Fsp3) is 0.417. The number of carboxylic acids is 1. The molecule has 118 valence electrons. The first kappa shape index (κ1) is 17.6. The van der Waals surface area contributed by atoms with E-state index in [9.17, 15) is 14.4 Å². The lowest BCUT2D eigenvalue weighted by molar-refractivity contribution is -0.144. The number of carbonyl (C=O) groups excluding carboxylic acids is 2. The van der Waals surface area contributed by atoms with Gasteiger partial charge in [-0.15, -0.1) is 11.3 Å². The van der Waals surface area contributed by atoms with Gasteiger partial charge in [0.25, 0.3) is 5.91 Å². The van der Waals surface area contributed by atoms with Crippen LogP contribution in [0.25, 0.3) is 5.53 Å². The molecule has 0 saturated carbocycles. The van der Waals surface area contributed by atoms with Crippen molar-refractivity contribution in [1.29, 1.82) is 0 Å². The number of thiazole rings is 1. The Hall–Kier alpha value is -2.42. The average Bonchev–Trinajstić information content (AvgIpc) is 2.98. The molecule has 0 aromatic carbocycles. The van der Waals surface area contributed by atoms with Gasteiger partial charge in [0.2, 0.25) is 5.78 Å². The summed E-state index contributed by atoms with van der Waals surface area (Å²) in [5, 5.41) is 13.4. The first-order chi connectivity index (χ1) is 10.5. The quantitative estimate of drug-likeness (QED) is 0.373. The highest BCUT2D eigenvalue weighted by Gasteiger charge is 2.28. The summed E-state index contributed by atoms with van der Waals surface area (Å²) in [4.78, 5) is 40.9. The van der Waals surface area contributed by atoms with Gasteiger partial charge in [-0.1, -0.05) is 0 Å². The largest absolute Gasteiger partial charge is 0.480 e. The second-order valence-electron chi connectivity index (χ2n) is 4.14. The lowest BCUT2D eigenvalue weighted by atomic mass is 10.1. The smallest absolute Gasteiger partial charge is 0.326 e. The summed E-state index contributed by atoms with van der Waals surface area (Å²) >= 11 is 1.20. The van der Waals surface area contributed by atoms with Gasteiger partial charge < -0.3 is 20.7 Å². The van der Waals surface area contributed by atoms with E-state index in [1.165, 1.54) is 24.6 Å². The highest BCUT2D eigenvalue weighted by Crippen LogP contribution is 2.19. The maximum Gasteiger partial charge on any atom is 0.326 e. The van der Waals surface area contributed by atoms with E-state index in [0.717, 1.165) is 0 Å². The van der Waals surface area contributed by atoms with Gasteiger partial charge in [0.15, 0.2) is 6.10 Å². The van der Waals surface area contributed by atoms with Crippen LogP contribution in [0, 0.1) is 0 Å². The highest BCUT2D eigenvalue weighted by atomic mass is 32.1. The molecule has 0 bridgehead atoms. The third-order valence-corrected chi connectivity index (χ3v) is 3.46. The molecule has 0 aliphatic heterocycles. The van der Waals surface area contributed by atoms with Gasteiger partial charge >= 0.3 is 12.2 Å². The Morgan fingerprint density at radius 1 is 1.59 bits per heavy atom. The third kappa shape index (κ3) is 5.17. The molecule has 0 aliphatic carbocycles. The summed E-state index contributed by atoms with van der Waals surface area (Å²) in [5.74, 6) is -2.49. The number of hydrogen-bond acceptors (Lipinski definition) is 6. The van der Waals surface area contributed by atoms with Crippen molar-refractivity contribution in [3.8, 4) is 0 Å².